The third-order valence-electron chi connectivity index (χ3n) is 4.63. The van der Waals surface area contributed by atoms with Crippen LogP contribution in [0.1, 0.15) is 12.5 Å². The Kier molecular flexibility index (Phi) is 6.32. The zero-order valence-corrected chi connectivity index (χ0v) is 15.8. The number of nitrogens with zero attached hydrogens (tertiary/aromatic N) is 2. The summed E-state index contributed by atoms with van der Waals surface area (Å²) in [7, 11) is 1.63. The minimum Gasteiger partial charge on any atom is -0.497 e. The lowest BCUT2D eigenvalue weighted by Gasteiger charge is -2.21. The number of ether oxygens (including phenoxy) is 2. The largest absolute Gasteiger partial charge is 0.497 e. The molecule has 1 fully saturated rings. The summed E-state index contributed by atoms with van der Waals surface area (Å²) < 4.78 is 11.1. The summed E-state index contributed by atoms with van der Waals surface area (Å²) >= 11 is 0. The third kappa shape index (κ3) is 5.45. The second-order valence-electron chi connectivity index (χ2n) is 6.78. The minimum atomic E-state index is -0.532. The van der Waals surface area contributed by atoms with E-state index in [0.717, 1.165) is 29.4 Å². The maximum atomic E-state index is 11.6. The molecular formula is C21H26N2O4. The second kappa shape index (κ2) is 8.88. The van der Waals surface area contributed by atoms with Crippen LogP contribution in [0.25, 0.3) is 0 Å². The van der Waals surface area contributed by atoms with Gasteiger partial charge in [-0.05, 0) is 42.0 Å². The fourth-order valence-electron chi connectivity index (χ4n) is 3.23. The molecule has 1 N–H and O–H groups in total. The maximum absolute atomic E-state index is 11.6. The van der Waals surface area contributed by atoms with Crippen LogP contribution in [0, 0.1) is 0 Å². The molecule has 144 valence electrons. The monoisotopic (exact) mass is 370 g/mol. The fourth-order valence-corrected chi connectivity index (χ4v) is 3.23. The lowest BCUT2D eigenvalue weighted by molar-refractivity contribution is -0.129. The standard InChI is InChI=1S/C21H26N2O4/c1-16(24)23-11-10-22(14-18(25)15-23)13-17-4-3-5-21(12-17)27-20-8-6-19(26-2)7-9-20/h3-9,12,18,25H,10-11,13-15H2,1-2H3/t18-/m0/s1. The van der Waals surface area contributed by atoms with Gasteiger partial charge in [0.15, 0.2) is 0 Å². The molecule has 27 heavy (non-hydrogen) atoms. The first-order valence-electron chi connectivity index (χ1n) is 9.10. The smallest absolute Gasteiger partial charge is 0.219 e. The molecule has 1 aliphatic rings. The van der Waals surface area contributed by atoms with E-state index >= 15 is 0 Å². The van der Waals surface area contributed by atoms with Gasteiger partial charge in [-0.25, -0.2) is 0 Å². The van der Waals surface area contributed by atoms with Crippen molar-refractivity contribution in [1.29, 1.82) is 0 Å². The quantitative estimate of drug-likeness (QED) is 0.876. The predicted octanol–water partition coefficient (Wildman–Crippen LogP) is 2.51. The molecule has 0 bridgehead atoms. The van der Waals surface area contributed by atoms with Gasteiger partial charge in [-0.3, -0.25) is 9.69 Å². The molecule has 0 aliphatic carbocycles. The summed E-state index contributed by atoms with van der Waals surface area (Å²) in [5, 5.41) is 10.2. The molecule has 3 rings (SSSR count). The van der Waals surface area contributed by atoms with E-state index in [9.17, 15) is 9.90 Å². The van der Waals surface area contributed by atoms with Crippen LogP contribution in [0.4, 0.5) is 0 Å². The van der Waals surface area contributed by atoms with Crippen LogP contribution in [0.2, 0.25) is 0 Å². The van der Waals surface area contributed by atoms with E-state index in [1.54, 1.807) is 18.9 Å². The highest BCUT2D eigenvalue weighted by Gasteiger charge is 2.22. The number of methoxy groups -OCH3 is 1. The van der Waals surface area contributed by atoms with E-state index in [1.165, 1.54) is 0 Å². The Balaban J connectivity index is 1.63. The first-order valence-corrected chi connectivity index (χ1v) is 9.10. The lowest BCUT2D eigenvalue weighted by Crippen LogP contribution is -2.36. The molecule has 1 saturated heterocycles. The highest BCUT2D eigenvalue weighted by molar-refractivity contribution is 5.73. The van der Waals surface area contributed by atoms with Gasteiger partial charge >= 0.3 is 0 Å². The Labute approximate surface area is 159 Å². The van der Waals surface area contributed by atoms with Crippen molar-refractivity contribution in [3.05, 3.63) is 54.1 Å². The van der Waals surface area contributed by atoms with Crippen molar-refractivity contribution < 1.29 is 19.4 Å². The average molecular weight is 370 g/mol. The van der Waals surface area contributed by atoms with Crippen LogP contribution in [-0.4, -0.2) is 60.2 Å². The molecule has 0 saturated carbocycles. The summed E-state index contributed by atoms with van der Waals surface area (Å²) in [5.41, 5.74) is 1.10. The SMILES string of the molecule is COc1ccc(Oc2cccc(CN3CCN(C(C)=O)C[C@@H](O)C3)c2)cc1. The van der Waals surface area contributed by atoms with Gasteiger partial charge in [-0.15, -0.1) is 0 Å². The van der Waals surface area contributed by atoms with Gasteiger partial charge in [0.25, 0.3) is 0 Å². The van der Waals surface area contributed by atoms with Crippen LogP contribution in [0.5, 0.6) is 17.2 Å². The predicted molar refractivity (Wildman–Crippen MR) is 103 cm³/mol. The lowest BCUT2D eigenvalue weighted by atomic mass is 10.2. The summed E-state index contributed by atoms with van der Waals surface area (Å²) in [6, 6.07) is 15.4. The van der Waals surface area contributed by atoms with E-state index in [0.29, 0.717) is 26.2 Å². The Morgan fingerprint density at radius 3 is 2.52 bits per heavy atom. The molecule has 6 heteroatoms. The van der Waals surface area contributed by atoms with E-state index in [-0.39, 0.29) is 5.91 Å². The van der Waals surface area contributed by atoms with Gasteiger partial charge in [0.2, 0.25) is 5.91 Å². The summed E-state index contributed by atoms with van der Waals surface area (Å²) in [6.07, 6.45) is -0.532. The van der Waals surface area contributed by atoms with Gasteiger partial charge in [0.05, 0.1) is 13.2 Å². The maximum Gasteiger partial charge on any atom is 0.219 e. The number of amides is 1. The Bertz CT molecular complexity index is 763. The van der Waals surface area contributed by atoms with Crippen LogP contribution in [0.3, 0.4) is 0 Å². The molecule has 2 aromatic carbocycles. The number of aliphatic hydroxyl groups excluding tert-OH is 1. The fraction of sp³-hybridized carbons (Fsp3) is 0.381. The molecule has 2 aromatic rings. The number of aliphatic hydroxyl groups is 1. The number of carbonyl (C=O) groups is 1. The molecule has 1 aliphatic heterocycles. The summed E-state index contributed by atoms with van der Waals surface area (Å²) in [4.78, 5) is 15.5. The van der Waals surface area contributed by atoms with E-state index < -0.39 is 6.10 Å². The summed E-state index contributed by atoms with van der Waals surface area (Å²) in [5.74, 6) is 2.30. The van der Waals surface area contributed by atoms with E-state index in [1.807, 2.05) is 48.5 Å². The number of carbonyl (C=O) groups excluding carboxylic acids is 1. The Morgan fingerprint density at radius 2 is 1.81 bits per heavy atom. The molecule has 1 heterocycles. The van der Waals surface area contributed by atoms with Gasteiger partial charge in [-0.1, -0.05) is 12.1 Å². The topological polar surface area (TPSA) is 62.2 Å². The van der Waals surface area contributed by atoms with Crippen LogP contribution in [-0.2, 0) is 11.3 Å². The highest BCUT2D eigenvalue weighted by Crippen LogP contribution is 2.25. The zero-order valence-electron chi connectivity index (χ0n) is 15.8. The Hall–Kier alpha value is -2.57. The van der Waals surface area contributed by atoms with Gasteiger partial charge in [-0.2, -0.15) is 0 Å². The number of β-amino-alcohol motifs (C(OH)–C–C–N with tert-alkyl or cyclic N) is 1. The normalized spacial score (nSPS) is 18.0. The van der Waals surface area contributed by atoms with Gasteiger partial charge in [0, 0.05) is 39.6 Å². The first-order chi connectivity index (χ1) is 13.0. The van der Waals surface area contributed by atoms with Crippen molar-refractivity contribution in [1.82, 2.24) is 9.80 Å². The van der Waals surface area contributed by atoms with E-state index in [2.05, 4.69) is 4.90 Å². The molecule has 0 aromatic heterocycles. The van der Waals surface area contributed by atoms with Crippen molar-refractivity contribution in [2.45, 2.75) is 19.6 Å². The number of hydrogen-bond acceptors (Lipinski definition) is 5. The molecule has 0 spiro atoms. The molecule has 0 unspecified atom stereocenters. The van der Waals surface area contributed by atoms with Gasteiger partial charge < -0.3 is 19.5 Å². The third-order valence-corrected chi connectivity index (χ3v) is 4.63. The molecular weight excluding hydrogens is 344 g/mol. The molecule has 6 nitrogen and oxygen atoms in total. The van der Waals surface area contributed by atoms with E-state index in [4.69, 9.17) is 9.47 Å². The molecule has 1 atom stereocenters. The van der Waals surface area contributed by atoms with Crippen molar-refractivity contribution >= 4 is 5.91 Å². The van der Waals surface area contributed by atoms with Crippen molar-refractivity contribution in [3.63, 3.8) is 0 Å². The van der Waals surface area contributed by atoms with Crippen molar-refractivity contribution in [3.8, 4) is 17.2 Å². The van der Waals surface area contributed by atoms with Crippen LogP contribution >= 0.6 is 0 Å². The Morgan fingerprint density at radius 1 is 1.07 bits per heavy atom. The van der Waals surface area contributed by atoms with Crippen molar-refractivity contribution in [2.24, 2.45) is 0 Å². The zero-order chi connectivity index (χ0) is 19.2. The highest BCUT2D eigenvalue weighted by atomic mass is 16.5. The summed E-state index contributed by atoms with van der Waals surface area (Å²) in [6.45, 7) is 4.55. The molecule has 0 radical (unpaired) electrons. The number of benzene rings is 2. The van der Waals surface area contributed by atoms with Crippen LogP contribution in [0.15, 0.2) is 48.5 Å². The van der Waals surface area contributed by atoms with Crippen molar-refractivity contribution in [2.75, 3.05) is 33.3 Å². The molecule has 1 amide bonds. The number of hydrogen-bond donors (Lipinski definition) is 1. The first kappa shape index (κ1) is 19.2. The second-order valence-corrected chi connectivity index (χ2v) is 6.78. The van der Waals surface area contributed by atoms with Crippen LogP contribution < -0.4 is 9.47 Å². The van der Waals surface area contributed by atoms with Gasteiger partial charge in [0.1, 0.15) is 17.2 Å². The minimum absolute atomic E-state index is 0.00536. The average Bonchev–Trinajstić information content (AvgIpc) is 2.84. The number of rotatable bonds is 5.